The van der Waals surface area contributed by atoms with Crippen molar-refractivity contribution in [3.05, 3.63) is 48.0 Å². The van der Waals surface area contributed by atoms with E-state index in [0.717, 1.165) is 12.1 Å². The van der Waals surface area contributed by atoms with Gasteiger partial charge >= 0.3 is 0 Å². The van der Waals surface area contributed by atoms with E-state index in [-0.39, 0.29) is 0 Å². The number of unbranched alkanes of at least 4 members (excludes halogenated alkanes) is 1. The predicted molar refractivity (Wildman–Crippen MR) is 84.5 cm³/mol. The molecule has 20 heavy (non-hydrogen) atoms. The first-order valence-electron chi connectivity index (χ1n) is 6.84. The predicted octanol–water partition coefficient (Wildman–Crippen LogP) is 4.61. The minimum Gasteiger partial charge on any atom is -0.399 e. The van der Waals surface area contributed by atoms with Crippen molar-refractivity contribution in [3.8, 4) is 0 Å². The van der Waals surface area contributed by atoms with E-state index < -0.39 is 0 Å². The van der Waals surface area contributed by atoms with Gasteiger partial charge in [0, 0.05) is 5.69 Å². The summed E-state index contributed by atoms with van der Waals surface area (Å²) in [6.45, 7) is 2.19. The number of anilines is 2. The fourth-order valence-electron chi connectivity index (χ4n) is 1.89. The summed E-state index contributed by atoms with van der Waals surface area (Å²) in [5, 5.41) is 8.35. The Bertz CT molecular complexity index is 588. The normalized spacial score (nSPS) is 11.1. The Morgan fingerprint density at radius 2 is 1.70 bits per heavy atom. The van der Waals surface area contributed by atoms with E-state index in [4.69, 9.17) is 11.5 Å². The van der Waals surface area contributed by atoms with Gasteiger partial charge in [-0.2, -0.15) is 5.11 Å². The highest BCUT2D eigenvalue weighted by molar-refractivity contribution is 5.67. The van der Waals surface area contributed by atoms with Gasteiger partial charge in [0.25, 0.3) is 0 Å². The van der Waals surface area contributed by atoms with Gasteiger partial charge in [-0.05, 0) is 48.7 Å². The fraction of sp³-hybridized carbons (Fsp3) is 0.250. The number of nitrogens with two attached hydrogens (primary N) is 2. The van der Waals surface area contributed by atoms with Crippen LogP contribution in [0, 0.1) is 0 Å². The van der Waals surface area contributed by atoms with Crippen LogP contribution in [0.4, 0.5) is 22.7 Å². The molecule has 0 aromatic heterocycles. The van der Waals surface area contributed by atoms with Crippen molar-refractivity contribution in [2.75, 3.05) is 11.5 Å². The zero-order valence-electron chi connectivity index (χ0n) is 11.7. The maximum absolute atomic E-state index is 5.83. The second kappa shape index (κ2) is 6.70. The van der Waals surface area contributed by atoms with Gasteiger partial charge in [0.2, 0.25) is 0 Å². The molecule has 104 valence electrons. The summed E-state index contributed by atoms with van der Waals surface area (Å²) >= 11 is 0. The Hall–Kier alpha value is -2.36. The number of nitrogens with zero attached hydrogens (tertiary/aromatic N) is 2. The van der Waals surface area contributed by atoms with Crippen molar-refractivity contribution in [1.29, 1.82) is 0 Å². The van der Waals surface area contributed by atoms with E-state index >= 15 is 0 Å². The van der Waals surface area contributed by atoms with E-state index in [1.165, 1.54) is 18.4 Å². The zero-order chi connectivity index (χ0) is 14.4. The Kier molecular flexibility index (Phi) is 4.71. The molecule has 4 N–H and O–H groups in total. The van der Waals surface area contributed by atoms with Crippen LogP contribution in [0.2, 0.25) is 0 Å². The van der Waals surface area contributed by atoms with E-state index in [0.29, 0.717) is 17.1 Å². The summed E-state index contributed by atoms with van der Waals surface area (Å²) in [6, 6.07) is 13.3. The standard InChI is InChI=1S/C16H20N4/c1-2-3-4-12-5-8-14(9-6-12)19-20-16-10-7-13(17)11-15(16)18/h5-11H,2-4,17-18H2,1H3. The quantitative estimate of drug-likeness (QED) is 0.613. The molecule has 0 radical (unpaired) electrons. The highest BCUT2D eigenvalue weighted by Crippen LogP contribution is 2.26. The van der Waals surface area contributed by atoms with Crippen LogP contribution >= 0.6 is 0 Å². The number of hydrogen-bond donors (Lipinski definition) is 2. The molecule has 4 heteroatoms. The molecule has 0 saturated carbocycles. The molecule has 2 aromatic carbocycles. The van der Waals surface area contributed by atoms with Gasteiger partial charge in [0.05, 0.1) is 11.4 Å². The number of nitrogen functional groups attached to an aromatic ring is 2. The topological polar surface area (TPSA) is 76.8 Å². The molecule has 0 amide bonds. The van der Waals surface area contributed by atoms with Gasteiger partial charge in [-0.3, -0.25) is 0 Å². The summed E-state index contributed by atoms with van der Waals surface area (Å²) in [5.41, 5.74) is 15.4. The van der Waals surface area contributed by atoms with Crippen molar-refractivity contribution in [2.24, 2.45) is 10.2 Å². The number of rotatable bonds is 5. The summed E-state index contributed by atoms with van der Waals surface area (Å²) in [5.74, 6) is 0. The Morgan fingerprint density at radius 1 is 0.950 bits per heavy atom. The molecule has 0 heterocycles. The first kappa shape index (κ1) is 14.1. The lowest BCUT2D eigenvalue weighted by molar-refractivity contribution is 0.795. The van der Waals surface area contributed by atoms with E-state index in [1.807, 2.05) is 12.1 Å². The molecule has 0 fully saturated rings. The van der Waals surface area contributed by atoms with Crippen LogP contribution in [0.3, 0.4) is 0 Å². The average molecular weight is 268 g/mol. The van der Waals surface area contributed by atoms with Crippen LogP contribution in [0.5, 0.6) is 0 Å². The second-order valence-electron chi connectivity index (χ2n) is 4.79. The van der Waals surface area contributed by atoms with Gasteiger partial charge in [-0.25, -0.2) is 0 Å². The SMILES string of the molecule is CCCCc1ccc(N=Nc2ccc(N)cc2N)cc1. The molecule has 0 spiro atoms. The van der Waals surface area contributed by atoms with Gasteiger partial charge in [0.15, 0.2) is 0 Å². The van der Waals surface area contributed by atoms with E-state index in [1.54, 1.807) is 18.2 Å². The molecule has 0 atom stereocenters. The molecule has 0 bridgehead atoms. The average Bonchev–Trinajstić information content (AvgIpc) is 2.45. The van der Waals surface area contributed by atoms with Crippen LogP contribution in [-0.4, -0.2) is 0 Å². The van der Waals surface area contributed by atoms with Gasteiger partial charge < -0.3 is 11.5 Å². The van der Waals surface area contributed by atoms with Gasteiger partial charge in [-0.15, -0.1) is 5.11 Å². The van der Waals surface area contributed by atoms with Crippen LogP contribution in [0.25, 0.3) is 0 Å². The Labute approximate surface area is 119 Å². The molecule has 2 aromatic rings. The van der Waals surface area contributed by atoms with Crippen molar-refractivity contribution in [2.45, 2.75) is 26.2 Å². The van der Waals surface area contributed by atoms with Crippen LogP contribution in [-0.2, 0) is 6.42 Å². The highest BCUT2D eigenvalue weighted by atomic mass is 15.1. The molecule has 0 aliphatic heterocycles. The lowest BCUT2D eigenvalue weighted by Crippen LogP contribution is -1.89. The largest absolute Gasteiger partial charge is 0.399 e. The minimum absolute atomic E-state index is 0.535. The van der Waals surface area contributed by atoms with Gasteiger partial charge in [-0.1, -0.05) is 25.5 Å². The summed E-state index contributed by atoms with van der Waals surface area (Å²) in [7, 11) is 0. The number of hydrogen-bond acceptors (Lipinski definition) is 4. The summed E-state index contributed by atoms with van der Waals surface area (Å²) < 4.78 is 0. The number of aryl methyl sites for hydroxylation is 1. The maximum Gasteiger partial charge on any atom is 0.109 e. The third-order valence-electron chi connectivity index (χ3n) is 3.08. The molecule has 0 aliphatic rings. The molecular formula is C16H20N4. The van der Waals surface area contributed by atoms with Crippen LogP contribution in [0.1, 0.15) is 25.3 Å². The molecule has 0 saturated heterocycles. The highest BCUT2D eigenvalue weighted by Gasteiger charge is 1.98. The lowest BCUT2D eigenvalue weighted by Gasteiger charge is -2.01. The minimum atomic E-state index is 0.535. The first-order valence-corrected chi connectivity index (χ1v) is 6.84. The molecule has 2 rings (SSSR count). The maximum atomic E-state index is 5.83. The molecule has 0 unspecified atom stereocenters. The van der Waals surface area contributed by atoms with Crippen LogP contribution < -0.4 is 11.5 Å². The third-order valence-corrected chi connectivity index (χ3v) is 3.08. The Morgan fingerprint density at radius 3 is 2.35 bits per heavy atom. The monoisotopic (exact) mass is 268 g/mol. The third kappa shape index (κ3) is 3.82. The Balaban J connectivity index is 2.07. The van der Waals surface area contributed by atoms with Crippen molar-refractivity contribution >= 4 is 22.7 Å². The molecule has 0 aliphatic carbocycles. The number of azo groups is 1. The first-order chi connectivity index (χ1) is 9.69. The van der Waals surface area contributed by atoms with Crippen molar-refractivity contribution in [1.82, 2.24) is 0 Å². The van der Waals surface area contributed by atoms with Crippen molar-refractivity contribution < 1.29 is 0 Å². The van der Waals surface area contributed by atoms with E-state index in [2.05, 4.69) is 29.3 Å². The van der Waals surface area contributed by atoms with Crippen LogP contribution in [0.15, 0.2) is 52.7 Å². The second-order valence-corrected chi connectivity index (χ2v) is 4.79. The van der Waals surface area contributed by atoms with E-state index in [9.17, 15) is 0 Å². The molecule has 4 nitrogen and oxygen atoms in total. The summed E-state index contributed by atoms with van der Waals surface area (Å²) in [4.78, 5) is 0. The zero-order valence-corrected chi connectivity index (χ0v) is 11.7. The smallest absolute Gasteiger partial charge is 0.109 e. The fourth-order valence-corrected chi connectivity index (χ4v) is 1.89. The number of benzene rings is 2. The molecular weight excluding hydrogens is 248 g/mol. The van der Waals surface area contributed by atoms with Gasteiger partial charge in [0.1, 0.15) is 5.69 Å². The van der Waals surface area contributed by atoms with Crippen molar-refractivity contribution in [3.63, 3.8) is 0 Å². The summed E-state index contributed by atoms with van der Waals surface area (Å²) in [6.07, 6.45) is 3.53. The lowest BCUT2D eigenvalue weighted by atomic mass is 10.1.